The Morgan fingerprint density at radius 1 is 1.41 bits per heavy atom. The summed E-state index contributed by atoms with van der Waals surface area (Å²) in [5.41, 5.74) is 9.29. The van der Waals surface area contributed by atoms with Gasteiger partial charge in [0.1, 0.15) is 0 Å². The van der Waals surface area contributed by atoms with Crippen LogP contribution in [0.1, 0.15) is 10.4 Å². The lowest BCUT2D eigenvalue weighted by molar-refractivity contribution is 0.0951. The SMILES string of the molecule is CN(C)CCNC(=O)c1ccc(N=[N+]=[N-])cc1. The van der Waals surface area contributed by atoms with Crippen LogP contribution in [0.5, 0.6) is 0 Å². The fourth-order valence-electron chi connectivity index (χ4n) is 1.23. The van der Waals surface area contributed by atoms with Crippen molar-refractivity contribution in [2.45, 2.75) is 0 Å². The molecule has 90 valence electrons. The summed E-state index contributed by atoms with van der Waals surface area (Å²) in [5.74, 6) is -0.126. The van der Waals surface area contributed by atoms with Gasteiger partial charge in [-0.15, -0.1) is 0 Å². The number of benzene rings is 1. The molecule has 1 aromatic rings. The molecule has 0 saturated heterocycles. The third-order valence-electron chi connectivity index (χ3n) is 2.13. The highest BCUT2D eigenvalue weighted by atomic mass is 16.1. The second-order valence-corrected chi connectivity index (χ2v) is 3.80. The van der Waals surface area contributed by atoms with Gasteiger partial charge in [-0.3, -0.25) is 4.79 Å². The lowest BCUT2D eigenvalue weighted by Gasteiger charge is -2.10. The van der Waals surface area contributed by atoms with Gasteiger partial charge in [0.25, 0.3) is 5.91 Å². The molecular weight excluding hydrogens is 218 g/mol. The Morgan fingerprint density at radius 3 is 2.59 bits per heavy atom. The number of carbonyl (C=O) groups is 1. The first kappa shape index (κ1) is 13.0. The molecule has 0 bridgehead atoms. The second-order valence-electron chi connectivity index (χ2n) is 3.80. The van der Waals surface area contributed by atoms with Crippen LogP contribution in [-0.4, -0.2) is 38.0 Å². The van der Waals surface area contributed by atoms with Crippen molar-refractivity contribution in [3.63, 3.8) is 0 Å². The largest absolute Gasteiger partial charge is 0.351 e. The number of nitrogens with one attached hydrogen (secondary N) is 1. The molecule has 0 unspecified atom stereocenters. The van der Waals surface area contributed by atoms with Crippen LogP contribution in [0.3, 0.4) is 0 Å². The van der Waals surface area contributed by atoms with Crippen LogP contribution < -0.4 is 5.32 Å². The summed E-state index contributed by atoms with van der Waals surface area (Å²) in [6, 6.07) is 6.49. The van der Waals surface area contributed by atoms with Gasteiger partial charge in [0.15, 0.2) is 0 Å². The van der Waals surface area contributed by atoms with Crippen LogP contribution in [0.15, 0.2) is 29.4 Å². The molecular formula is C11H15N5O. The predicted octanol–water partition coefficient (Wildman–Crippen LogP) is 1.92. The van der Waals surface area contributed by atoms with E-state index in [9.17, 15) is 4.79 Å². The predicted molar refractivity (Wildman–Crippen MR) is 66.1 cm³/mol. The van der Waals surface area contributed by atoms with E-state index in [1.165, 1.54) is 0 Å². The molecule has 17 heavy (non-hydrogen) atoms. The standard InChI is InChI=1S/C11H15N5O/c1-16(2)8-7-13-11(17)9-3-5-10(6-4-9)14-15-12/h3-6H,7-8H2,1-2H3,(H,13,17). The van der Waals surface area contributed by atoms with E-state index >= 15 is 0 Å². The quantitative estimate of drug-likeness (QED) is 0.479. The van der Waals surface area contributed by atoms with Gasteiger partial charge in [0.05, 0.1) is 0 Å². The first-order chi connectivity index (χ1) is 8.13. The van der Waals surface area contributed by atoms with Crippen LogP contribution in [0.25, 0.3) is 10.4 Å². The highest BCUT2D eigenvalue weighted by molar-refractivity contribution is 5.94. The summed E-state index contributed by atoms with van der Waals surface area (Å²) < 4.78 is 0. The molecule has 0 atom stereocenters. The highest BCUT2D eigenvalue weighted by Gasteiger charge is 2.04. The van der Waals surface area contributed by atoms with Gasteiger partial charge in [0, 0.05) is 29.3 Å². The van der Waals surface area contributed by atoms with Gasteiger partial charge in [-0.25, -0.2) is 0 Å². The fourth-order valence-corrected chi connectivity index (χ4v) is 1.23. The van der Waals surface area contributed by atoms with Gasteiger partial charge in [-0.05, 0) is 31.8 Å². The lowest BCUT2D eigenvalue weighted by Crippen LogP contribution is -2.31. The molecule has 1 N–H and O–H groups in total. The molecule has 0 aromatic heterocycles. The molecule has 6 nitrogen and oxygen atoms in total. The van der Waals surface area contributed by atoms with E-state index in [1.807, 2.05) is 19.0 Å². The molecule has 0 aliphatic heterocycles. The monoisotopic (exact) mass is 233 g/mol. The minimum absolute atomic E-state index is 0.126. The summed E-state index contributed by atoms with van der Waals surface area (Å²) in [6.45, 7) is 1.40. The molecule has 1 rings (SSSR count). The van der Waals surface area contributed by atoms with Crippen LogP contribution >= 0.6 is 0 Å². The Hall–Kier alpha value is -2.04. The van der Waals surface area contributed by atoms with Crippen molar-refractivity contribution in [2.75, 3.05) is 27.2 Å². The smallest absolute Gasteiger partial charge is 0.251 e. The summed E-state index contributed by atoms with van der Waals surface area (Å²) in [5, 5.41) is 6.23. The molecule has 0 fully saturated rings. The van der Waals surface area contributed by atoms with Crippen LogP contribution in [0, 0.1) is 0 Å². The molecule has 0 saturated carbocycles. The molecule has 0 aliphatic rings. The number of hydrogen-bond acceptors (Lipinski definition) is 3. The Labute approximate surface area is 99.9 Å². The number of carbonyl (C=O) groups excluding carboxylic acids is 1. The first-order valence-corrected chi connectivity index (χ1v) is 5.21. The number of hydrogen-bond donors (Lipinski definition) is 1. The number of nitrogens with zero attached hydrogens (tertiary/aromatic N) is 4. The van der Waals surface area contributed by atoms with E-state index in [4.69, 9.17) is 5.53 Å². The highest BCUT2D eigenvalue weighted by Crippen LogP contribution is 2.12. The van der Waals surface area contributed by atoms with Gasteiger partial charge in [-0.1, -0.05) is 17.2 Å². The zero-order chi connectivity index (χ0) is 12.7. The molecule has 0 spiro atoms. The van der Waals surface area contributed by atoms with Crippen molar-refractivity contribution in [3.8, 4) is 0 Å². The maximum absolute atomic E-state index is 11.7. The van der Waals surface area contributed by atoms with Crippen molar-refractivity contribution >= 4 is 11.6 Å². The van der Waals surface area contributed by atoms with Crippen molar-refractivity contribution in [1.29, 1.82) is 0 Å². The molecule has 6 heteroatoms. The Kier molecular flexibility index (Phi) is 5.00. The van der Waals surface area contributed by atoms with Crippen LogP contribution in [-0.2, 0) is 0 Å². The molecule has 1 amide bonds. The van der Waals surface area contributed by atoms with E-state index in [0.29, 0.717) is 17.8 Å². The molecule has 0 radical (unpaired) electrons. The number of likely N-dealkylation sites (N-methyl/N-ethyl adjacent to an activating group) is 1. The topological polar surface area (TPSA) is 81.1 Å². The number of amides is 1. The Balaban J connectivity index is 2.54. The van der Waals surface area contributed by atoms with E-state index in [0.717, 1.165) is 6.54 Å². The van der Waals surface area contributed by atoms with E-state index in [-0.39, 0.29) is 5.91 Å². The maximum Gasteiger partial charge on any atom is 0.251 e. The zero-order valence-corrected chi connectivity index (χ0v) is 9.92. The summed E-state index contributed by atoms with van der Waals surface area (Å²) in [7, 11) is 3.89. The average molecular weight is 233 g/mol. The van der Waals surface area contributed by atoms with Crippen molar-refractivity contribution in [3.05, 3.63) is 40.3 Å². The number of rotatable bonds is 5. The maximum atomic E-state index is 11.7. The van der Waals surface area contributed by atoms with Gasteiger partial charge >= 0.3 is 0 Å². The molecule has 0 heterocycles. The average Bonchev–Trinajstić information content (AvgIpc) is 2.30. The van der Waals surface area contributed by atoms with E-state index in [2.05, 4.69) is 15.3 Å². The van der Waals surface area contributed by atoms with Crippen molar-refractivity contribution in [2.24, 2.45) is 5.11 Å². The van der Waals surface area contributed by atoms with Crippen molar-refractivity contribution in [1.82, 2.24) is 10.2 Å². The minimum atomic E-state index is -0.126. The van der Waals surface area contributed by atoms with Crippen LogP contribution in [0.4, 0.5) is 5.69 Å². The molecule has 0 aliphatic carbocycles. The Bertz CT molecular complexity index is 420. The third-order valence-corrected chi connectivity index (χ3v) is 2.13. The summed E-state index contributed by atoms with van der Waals surface area (Å²) in [6.07, 6.45) is 0. The van der Waals surface area contributed by atoms with E-state index < -0.39 is 0 Å². The lowest BCUT2D eigenvalue weighted by atomic mass is 10.2. The van der Waals surface area contributed by atoms with Gasteiger partial charge < -0.3 is 10.2 Å². The molecule has 1 aromatic carbocycles. The third kappa shape index (κ3) is 4.55. The van der Waals surface area contributed by atoms with Gasteiger partial charge in [0.2, 0.25) is 0 Å². The van der Waals surface area contributed by atoms with Crippen molar-refractivity contribution < 1.29 is 4.79 Å². The van der Waals surface area contributed by atoms with Gasteiger partial charge in [-0.2, -0.15) is 0 Å². The Morgan fingerprint density at radius 2 is 2.06 bits per heavy atom. The summed E-state index contributed by atoms with van der Waals surface area (Å²) in [4.78, 5) is 16.3. The summed E-state index contributed by atoms with van der Waals surface area (Å²) >= 11 is 0. The van der Waals surface area contributed by atoms with Crippen LogP contribution in [0.2, 0.25) is 0 Å². The minimum Gasteiger partial charge on any atom is -0.351 e. The zero-order valence-electron chi connectivity index (χ0n) is 9.92. The second kappa shape index (κ2) is 6.52. The first-order valence-electron chi connectivity index (χ1n) is 5.21. The normalized spacial score (nSPS) is 9.82. The number of azide groups is 1. The van der Waals surface area contributed by atoms with E-state index in [1.54, 1.807) is 24.3 Å². The fraction of sp³-hybridized carbons (Fsp3) is 0.364.